The summed E-state index contributed by atoms with van der Waals surface area (Å²) in [6, 6.07) is 16.2. The van der Waals surface area contributed by atoms with Crippen LogP contribution in [0.4, 0.5) is 0 Å². The number of aliphatic hydroxyl groups is 2. The minimum Gasteiger partial charge on any atom is -0.394 e. The standard InChI is InChI=1S/C19H20ClNO2.ClH/c1-19(11-22,12-23)21-10-18-16-5-3-2-4-13(16)8-14-9-15(20)6-7-17(14)18;/h2-9,21-23H,10-12H2,1H3;1H. The lowest BCUT2D eigenvalue weighted by atomic mass is 9.95. The van der Waals surface area contributed by atoms with Gasteiger partial charge in [-0.1, -0.05) is 41.9 Å². The molecule has 0 radical (unpaired) electrons. The molecule has 3 aromatic carbocycles. The molecule has 0 bridgehead atoms. The predicted octanol–water partition coefficient (Wildman–Crippen LogP) is 3.90. The Morgan fingerprint density at radius 2 is 1.62 bits per heavy atom. The molecule has 3 rings (SSSR count). The van der Waals surface area contributed by atoms with Crippen LogP contribution in [0.1, 0.15) is 12.5 Å². The molecule has 0 unspecified atom stereocenters. The lowest BCUT2D eigenvalue weighted by molar-refractivity contribution is 0.103. The van der Waals surface area contributed by atoms with Gasteiger partial charge in [-0.25, -0.2) is 0 Å². The maximum absolute atomic E-state index is 9.49. The summed E-state index contributed by atoms with van der Waals surface area (Å²) < 4.78 is 0. The van der Waals surface area contributed by atoms with Crippen molar-refractivity contribution < 1.29 is 10.2 Å². The van der Waals surface area contributed by atoms with E-state index in [0.29, 0.717) is 11.6 Å². The molecule has 0 fully saturated rings. The highest BCUT2D eigenvalue weighted by Gasteiger charge is 2.22. The van der Waals surface area contributed by atoms with Crippen molar-refractivity contribution in [2.75, 3.05) is 13.2 Å². The average molecular weight is 366 g/mol. The van der Waals surface area contributed by atoms with E-state index in [2.05, 4.69) is 23.5 Å². The Kier molecular flexibility index (Phi) is 6.07. The van der Waals surface area contributed by atoms with Gasteiger partial charge in [0.1, 0.15) is 0 Å². The maximum Gasteiger partial charge on any atom is 0.0633 e. The number of nitrogens with one attached hydrogen (secondary N) is 1. The Labute approximate surface area is 152 Å². The first kappa shape index (κ1) is 19.0. The van der Waals surface area contributed by atoms with Crippen LogP contribution in [0.2, 0.25) is 5.02 Å². The van der Waals surface area contributed by atoms with Gasteiger partial charge in [-0.2, -0.15) is 0 Å². The molecule has 0 aromatic heterocycles. The Balaban J connectivity index is 0.00000208. The molecule has 3 nitrogen and oxygen atoms in total. The fraction of sp³-hybridized carbons (Fsp3) is 0.263. The molecule has 5 heteroatoms. The topological polar surface area (TPSA) is 52.5 Å². The van der Waals surface area contributed by atoms with Crippen molar-refractivity contribution in [3.8, 4) is 0 Å². The van der Waals surface area contributed by atoms with Crippen molar-refractivity contribution in [2.45, 2.75) is 19.0 Å². The molecule has 0 atom stereocenters. The average Bonchev–Trinajstić information content (AvgIpc) is 2.58. The van der Waals surface area contributed by atoms with Crippen LogP contribution in [0, 0.1) is 0 Å². The van der Waals surface area contributed by atoms with Crippen LogP contribution >= 0.6 is 24.0 Å². The van der Waals surface area contributed by atoms with Gasteiger partial charge in [0.2, 0.25) is 0 Å². The SMILES string of the molecule is CC(CO)(CO)NCc1c2ccccc2cc2cc(Cl)ccc12.Cl. The fourth-order valence-electron chi connectivity index (χ4n) is 2.79. The molecule has 0 aliphatic heterocycles. The number of hydrogen-bond donors (Lipinski definition) is 3. The van der Waals surface area contributed by atoms with Gasteiger partial charge in [0.25, 0.3) is 0 Å². The van der Waals surface area contributed by atoms with E-state index in [-0.39, 0.29) is 25.6 Å². The molecule has 0 aliphatic carbocycles. The highest BCUT2D eigenvalue weighted by molar-refractivity contribution is 6.31. The number of halogens is 2. The van der Waals surface area contributed by atoms with Crippen LogP contribution in [0.15, 0.2) is 48.5 Å². The Morgan fingerprint density at radius 3 is 2.33 bits per heavy atom. The molecule has 128 valence electrons. The number of hydrogen-bond acceptors (Lipinski definition) is 3. The first-order chi connectivity index (χ1) is 11.1. The Morgan fingerprint density at radius 1 is 0.958 bits per heavy atom. The molecule has 0 saturated carbocycles. The van der Waals surface area contributed by atoms with Gasteiger partial charge < -0.3 is 15.5 Å². The summed E-state index contributed by atoms with van der Waals surface area (Å²) in [5, 5.41) is 27.5. The smallest absolute Gasteiger partial charge is 0.0633 e. The summed E-state index contributed by atoms with van der Waals surface area (Å²) >= 11 is 6.14. The lowest BCUT2D eigenvalue weighted by Gasteiger charge is -2.27. The Hall–Kier alpha value is -1.36. The van der Waals surface area contributed by atoms with Gasteiger partial charge in [-0.15, -0.1) is 12.4 Å². The minimum atomic E-state index is -0.713. The van der Waals surface area contributed by atoms with Crippen molar-refractivity contribution in [1.29, 1.82) is 0 Å². The van der Waals surface area contributed by atoms with Crippen molar-refractivity contribution in [3.05, 3.63) is 59.1 Å². The van der Waals surface area contributed by atoms with Gasteiger partial charge >= 0.3 is 0 Å². The van der Waals surface area contributed by atoms with Gasteiger partial charge in [0.15, 0.2) is 0 Å². The fourth-order valence-corrected chi connectivity index (χ4v) is 2.97. The molecule has 0 spiro atoms. The predicted molar refractivity (Wildman–Crippen MR) is 103 cm³/mol. The summed E-state index contributed by atoms with van der Waals surface area (Å²) in [7, 11) is 0. The van der Waals surface area contributed by atoms with E-state index in [9.17, 15) is 10.2 Å². The van der Waals surface area contributed by atoms with Crippen LogP contribution in [0.25, 0.3) is 21.5 Å². The second-order valence-corrected chi connectivity index (χ2v) is 6.61. The van der Waals surface area contributed by atoms with Crippen molar-refractivity contribution in [3.63, 3.8) is 0 Å². The monoisotopic (exact) mass is 365 g/mol. The molecule has 0 saturated heterocycles. The van der Waals surface area contributed by atoms with Crippen molar-refractivity contribution >= 4 is 45.6 Å². The number of fused-ring (bicyclic) bond motifs is 2. The van der Waals surface area contributed by atoms with E-state index < -0.39 is 5.54 Å². The van der Waals surface area contributed by atoms with E-state index in [0.717, 1.165) is 27.1 Å². The van der Waals surface area contributed by atoms with Gasteiger partial charge in [0.05, 0.1) is 18.8 Å². The Bertz CT molecular complexity index is 847. The van der Waals surface area contributed by atoms with Crippen LogP contribution in [-0.2, 0) is 6.54 Å². The normalized spacial score (nSPS) is 11.7. The summed E-state index contributed by atoms with van der Waals surface area (Å²) in [6.07, 6.45) is 0. The summed E-state index contributed by atoms with van der Waals surface area (Å²) in [6.45, 7) is 2.10. The van der Waals surface area contributed by atoms with E-state index in [1.54, 1.807) is 6.92 Å². The van der Waals surface area contributed by atoms with Crippen molar-refractivity contribution in [1.82, 2.24) is 5.32 Å². The maximum atomic E-state index is 9.49. The van der Waals surface area contributed by atoms with E-state index in [1.165, 1.54) is 0 Å². The number of rotatable bonds is 5. The summed E-state index contributed by atoms with van der Waals surface area (Å²) in [4.78, 5) is 0. The highest BCUT2D eigenvalue weighted by Crippen LogP contribution is 2.30. The second kappa shape index (κ2) is 7.68. The third kappa shape index (κ3) is 3.66. The first-order valence-electron chi connectivity index (χ1n) is 7.63. The summed E-state index contributed by atoms with van der Waals surface area (Å²) in [5.74, 6) is 0. The van der Waals surface area contributed by atoms with Crippen molar-refractivity contribution in [2.24, 2.45) is 0 Å². The molecule has 0 aliphatic rings. The molecule has 24 heavy (non-hydrogen) atoms. The van der Waals surface area contributed by atoms with E-state index in [1.807, 2.05) is 30.3 Å². The third-order valence-electron chi connectivity index (χ3n) is 4.33. The minimum absolute atomic E-state index is 0. The zero-order chi connectivity index (χ0) is 16.4. The number of aliphatic hydroxyl groups excluding tert-OH is 2. The van der Waals surface area contributed by atoms with Gasteiger partial charge in [0, 0.05) is 11.6 Å². The van der Waals surface area contributed by atoms with Gasteiger partial charge in [-0.05, 0) is 52.2 Å². The zero-order valence-electron chi connectivity index (χ0n) is 13.4. The number of benzene rings is 3. The summed E-state index contributed by atoms with van der Waals surface area (Å²) in [5.41, 5.74) is 0.429. The van der Waals surface area contributed by atoms with Crippen LogP contribution in [0.3, 0.4) is 0 Å². The van der Waals surface area contributed by atoms with E-state index >= 15 is 0 Å². The molecular weight excluding hydrogens is 345 g/mol. The van der Waals surface area contributed by atoms with Crippen LogP contribution in [0.5, 0.6) is 0 Å². The first-order valence-corrected chi connectivity index (χ1v) is 8.01. The van der Waals surface area contributed by atoms with Crippen LogP contribution < -0.4 is 5.32 Å². The third-order valence-corrected chi connectivity index (χ3v) is 4.56. The molecular formula is C19H21Cl2NO2. The zero-order valence-corrected chi connectivity index (χ0v) is 15.0. The van der Waals surface area contributed by atoms with E-state index in [4.69, 9.17) is 11.6 Å². The molecule has 3 aromatic rings. The van der Waals surface area contributed by atoms with Crippen LogP contribution in [-0.4, -0.2) is 29.0 Å². The molecule has 0 heterocycles. The molecule has 3 N–H and O–H groups in total. The quantitative estimate of drug-likeness (QED) is 0.601. The highest BCUT2D eigenvalue weighted by atomic mass is 35.5. The second-order valence-electron chi connectivity index (χ2n) is 6.17. The largest absolute Gasteiger partial charge is 0.394 e. The lowest BCUT2D eigenvalue weighted by Crippen LogP contribution is -2.48. The van der Waals surface area contributed by atoms with Gasteiger partial charge in [-0.3, -0.25) is 0 Å². The molecule has 0 amide bonds.